The van der Waals surface area contributed by atoms with Crippen LogP contribution in [0.4, 0.5) is 8.78 Å². The highest BCUT2D eigenvalue weighted by Crippen LogP contribution is 2.36. The molecule has 2 amide bonds. The Morgan fingerprint density at radius 1 is 0.966 bits per heavy atom. The van der Waals surface area contributed by atoms with Crippen LogP contribution in [0.3, 0.4) is 0 Å². The second-order valence-corrected chi connectivity index (χ2v) is 7.67. The molecule has 0 aromatic heterocycles. The van der Waals surface area contributed by atoms with Crippen molar-refractivity contribution in [3.8, 4) is 0 Å². The molecule has 154 valence electrons. The number of nitrogens with zero attached hydrogens (tertiary/aromatic N) is 1. The van der Waals surface area contributed by atoms with Crippen LogP contribution < -0.4 is 5.73 Å². The van der Waals surface area contributed by atoms with Crippen LogP contribution in [-0.4, -0.2) is 16.7 Å². The zero-order chi connectivity index (χ0) is 21.0. The normalized spacial score (nSPS) is 16.8. The first-order valence-corrected chi connectivity index (χ1v) is 10.0. The van der Waals surface area contributed by atoms with Gasteiger partial charge in [-0.2, -0.15) is 0 Å². The topological polar surface area (TPSA) is 63.4 Å². The van der Waals surface area contributed by atoms with Crippen molar-refractivity contribution in [2.45, 2.75) is 51.1 Å². The number of hydrogen-bond donors (Lipinski definition) is 1. The molecule has 1 aliphatic carbocycles. The predicted molar refractivity (Wildman–Crippen MR) is 107 cm³/mol. The van der Waals surface area contributed by atoms with E-state index in [1.165, 1.54) is 17.0 Å². The third-order valence-electron chi connectivity index (χ3n) is 5.66. The molecule has 1 aliphatic rings. The molecule has 1 saturated carbocycles. The molecule has 0 heterocycles. The number of primary amides is 1. The maximum Gasteiger partial charge on any atom is 0.244 e. The van der Waals surface area contributed by atoms with Crippen LogP contribution in [0, 0.1) is 17.6 Å². The van der Waals surface area contributed by atoms with Crippen LogP contribution in [0.25, 0.3) is 0 Å². The zero-order valence-electron chi connectivity index (χ0n) is 16.5. The first-order valence-electron chi connectivity index (χ1n) is 10.0. The lowest BCUT2D eigenvalue weighted by atomic mass is 9.86. The highest BCUT2D eigenvalue weighted by Gasteiger charge is 2.37. The van der Waals surface area contributed by atoms with Crippen molar-refractivity contribution in [3.63, 3.8) is 0 Å². The van der Waals surface area contributed by atoms with E-state index in [0.717, 1.165) is 38.2 Å². The molecule has 2 N–H and O–H groups in total. The lowest BCUT2D eigenvalue weighted by molar-refractivity contribution is -0.146. The first kappa shape index (κ1) is 21.0. The van der Waals surface area contributed by atoms with Gasteiger partial charge in [-0.05, 0) is 43.0 Å². The van der Waals surface area contributed by atoms with Crippen molar-refractivity contribution in [1.29, 1.82) is 0 Å². The molecule has 0 aliphatic heterocycles. The highest BCUT2D eigenvalue weighted by molar-refractivity contribution is 5.89. The summed E-state index contributed by atoms with van der Waals surface area (Å²) >= 11 is 0. The molecule has 2 aromatic carbocycles. The number of hydrogen-bond acceptors (Lipinski definition) is 2. The number of carbonyl (C=O) groups excluding carboxylic acids is 2. The summed E-state index contributed by atoms with van der Waals surface area (Å²) in [6.07, 6.45) is 4.44. The van der Waals surface area contributed by atoms with Gasteiger partial charge in [-0.25, -0.2) is 8.78 Å². The summed E-state index contributed by atoms with van der Waals surface area (Å²) < 4.78 is 27.7. The fourth-order valence-corrected chi connectivity index (χ4v) is 4.18. The second-order valence-electron chi connectivity index (χ2n) is 7.67. The summed E-state index contributed by atoms with van der Waals surface area (Å²) in [6.45, 7) is 1.67. The molecule has 29 heavy (non-hydrogen) atoms. The lowest BCUT2D eigenvalue weighted by Gasteiger charge is -2.38. The highest BCUT2D eigenvalue weighted by atomic mass is 19.1. The first-order chi connectivity index (χ1) is 13.9. The fourth-order valence-electron chi connectivity index (χ4n) is 4.18. The molecule has 2 atom stereocenters. The summed E-state index contributed by atoms with van der Waals surface area (Å²) in [6, 6.07) is 10.2. The van der Waals surface area contributed by atoms with E-state index in [9.17, 15) is 18.4 Å². The Balaban J connectivity index is 2.06. The van der Waals surface area contributed by atoms with Crippen molar-refractivity contribution in [3.05, 3.63) is 71.3 Å². The summed E-state index contributed by atoms with van der Waals surface area (Å²) in [5.41, 5.74) is 6.59. The molecule has 1 fully saturated rings. The van der Waals surface area contributed by atoms with Gasteiger partial charge < -0.3 is 10.6 Å². The molecule has 0 saturated heterocycles. The average molecular weight is 400 g/mol. The third kappa shape index (κ3) is 4.81. The number of rotatable bonds is 6. The number of amides is 2. The Hall–Kier alpha value is -2.76. The number of carbonyl (C=O) groups is 2. The predicted octanol–water partition coefficient (Wildman–Crippen LogP) is 4.66. The smallest absolute Gasteiger partial charge is 0.244 e. The fraction of sp³-hybridized carbons (Fsp3) is 0.391. The quantitative estimate of drug-likeness (QED) is 0.766. The molecule has 3 rings (SSSR count). The molecular weight excluding hydrogens is 374 g/mol. The molecule has 0 bridgehead atoms. The maximum absolute atomic E-state index is 13.9. The Morgan fingerprint density at radius 3 is 2.10 bits per heavy atom. The van der Waals surface area contributed by atoms with Gasteiger partial charge in [-0.3, -0.25) is 9.59 Å². The number of nitrogens with two attached hydrogens (primary N) is 1. The largest absolute Gasteiger partial charge is 0.368 e. The van der Waals surface area contributed by atoms with Gasteiger partial charge >= 0.3 is 0 Å². The van der Waals surface area contributed by atoms with Crippen LogP contribution in [0.15, 0.2) is 48.5 Å². The van der Waals surface area contributed by atoms with Crippen LogP contribution >= 0.6 is 0 Å². The van der Waals surface area contributed by atoms with E-state index in [0.29, 0.717) is 5.56 Å². The Morgan fingerprint density at radius 2 is 1.55 bits per heavy atom. The van der Waals surface area contributed by atoms with Gasteiger partial charge in [0.15, 0.2) is 0 Å². The minimum absolute atomic E-state index is 0.200. The van der Waals surface area contributed by atoms with Gasteiger partial charge in [0.05, 0.1) is 6.04 Å². The number of benzene rings is 2. The molecular formula is C23H26F2N2O2. The van der Waals surface area contributed by atoms with Gasteiger partial charge in [-0.15, -0.1) is 0 Å². The van der Waals surface area contributed by atoms with Crippen LogP contribution in [0.5, 0.6) is 0 Å². The van der Waals surface area contributed by atoms with Gasteiger partial charge in [0.25, 0.3) is 0 Å². The van der Waals surface area contributed by atoms with Gasteiger partial charge in [0.1, 0.15) is 17.7 Å². The van der Waals surface area contributed by atoms with E-state index >= 15 is 0 Å². The van der Waals surface area contributed by atoms with E-state index in [2.05, 4.69) is 0 Å². The van der Waals surface area contributed by atoms with Gasteiger partial charge in [0, 0.05) is 12.0 Å². The van der Waals surface area contributed by atoms with Crippen molar-refractivity contribution >= 4 is 11.8 Å². The van der Waals surface area contributed by atoms with E-state index in [-0.39, 0.29) is 17.4 Å². The zero-order valence-corrected chi connectivity index (χ0v) is 16.5. The van der Waals surface area contributed by atoms with Crippen LogP contribution in [-0.2, 0) is 9.59 Å². The summed E-state index contributed by atoms with van der Waals surface area (Å²) in [4.78, 5) is 27.4. The molecule has 0 spiro atoms. The summed E-state index contributed by atoms with van der Waals surface area (Å²) in [7, 11) is 0. The van der Waals surface area contributed by atoms with Crippen LogP contribution in [0.1, 0.15) is 62.2 Å². The maximum atomic E-state index is 13.9. The van der Waals surface area contributed by atoms with Gasteiger partial charge in [0.2, 0.25) is 11.8 Å². The molecule has 0 unspecified atom stereocenters. The van der Waals surface area contributed by atoms with Gasteiger partial charge in [-0.1, -0.05) is 49.6 Å². The molecule has 6 heteroatoms. The summed E-state index contributed by atoms with van der Waals surface area (Å²) in [5.74, 6) is -2.56. The molecule has 4 nitrogen and oxygen atoms in total. The minimum atomic E-state index is -1.02. The second kappa shape index (κ2) is 9.16. The monoisotopic (exact) mass is 400 g/mol. The summed E-state index contributed by atoms with van der Waals surface area (Å²) in [5, 5.41) is 0. The third-order valence-corrected chi connectivity index (χ3v) is 5.66. The standard InChI is InChI=1S/C23H26F2N2O2/c1-15(18-12-19(24)14-20(25)13-18)27(23(29)17-10-6-3-7-11-17)21(22(26)28)16-8-4-2-5-9-16/h2,4-5,8-9,12-15,17,21H,3,6-7,10-11H2,1H3,(H2,26,28)/t15-,21+/m1/s1. The van der Waals surface area contributed by atoms with E-state index < -0.39 is 29.6 Å². The van der Waals surface area contributed by atoms with E-state index in [4.69, 9.17) is 5.73 Å². The Bertz CT molecular complexity index is 846. The van der Waals surface area contributed by atoms with Crippen molar-refractivity contribution in [1.82, 2.24) is 4.90 Å². The Kier molecular flexibility index (Phi) is 6.62. The van der Waals surface area contributed by atoms with E-state index in [1.54, 1.807) is 37.3 Å². The van der Waals surface area contributed by atoms with Crippen molar-refractivity contribution in [2.24, 2.45) is 11.7 Å². The van der Waals surface area contributed by atoms with E-state index in [1.807, 2.05) is 0 Å². The molecule has 2 aromatic rings. The van der Waals surface area contributed by atoms with Crippen LogP contribution in [0.2, 0.25) is 0 Å². The number of halogens is 2. The average Bonchev–Trinajstić information content (AvgIpc) is 2.71. The minimum Gasteiger partial charge on any atom is -0.368 e. The SMILES string of the molecule is C[C@H](c1cc(F)cc(F)c1)N(C(=O)C1CCCCC1)[C@H](C(N)=O)c1ccccc1. The van der Waals surface area contributed by atoms with Crippen molar-refractivity contribution < 1.29 is 18.4 Å². The Labute approximate surface area is 169 Å². The molecule has 0 radical (unpaired) electrons. The van der Waals surface area contributed by atoms with Crippen molar-refractivity contribution in [2.75, 3.05) is 0 Å². The lowest BCUT2D eigenvalue weighted by Crippen LogP contribution is -2.46.